The summed E-state index contributed by atoms with van der Waals surface area (Å²) in [6.07, 6.45) is 0.418. The maximum absolute atomic E-state index is 11.9. The molecule has 2 heterocycles. The van der Waals surface area contributed by atoms with E-state index in [2.05, 4.69) is 10.4 Å². The highest BCUT2D eigenvalue weighted by molar-refractivity contribution is 5.78. The number of hydrogen-bond donors (Lipinski definition) is 1. The summed E-state index contributed by atoms with van der Waals surface area (Å²) in [4.78, 5) is 13.8. The fraction of sp³-hybridized carbons (Fsp3) is 0.636. The van der Waals surface area contributed by atoms with Crippen LogP contribution in [0.25, 0.3) is 0 Å². The van der Waals surface area contributed by atoms with Gasteiger partial charge in [0.05, 0.1) is 12.1 Å². The van der Waals surface area contributed by atoms with Crippen molar-refractivity contribution < 1.29 is 4.79 Å². The van der Waals surface area contributed by atoms with Crippen LogP contribution in [-0.2, 0) is 18.3 Å². The maximum Gasteiger partial charge on any atom is 0.228 e. The predicted molar refractivity (Wildman–Crippen MR) is 61.1 cm³/mol. The number of nitrogens with one attached hydrogen (secondary N) is 1. The zero-order valence-corrected chi connectivity index (χ0v) is 9.86. The lowest BCUT2D eigenvalue weighted by molar-refractivity contribution is -0.131. The number of nitrogens with zero attached hydrogens (tertiary/aromatic N) is 3. The van der Waals surface area contributed by atoms with Crippen LogP contribution in [0.5, 0.6) is 0 Å². The van der Waals surface area contributed by atoms with Crippen molar-refractivity contribution in [1.82, 2.24) is 20.0 Å². The smallest absolute Gasteiger partial charge is 0.228 e. The fourth-order valence-electron chi connectivity index (χ4n) is 1.90. The number of aryl methyl sites for hydroxylation is 2. The SMILES string of the molecule is Cc1cc(CC(=O)N2CCNCC2)nn1C. The van der Waals surface area contributed by atoms with E-state index in [1.807, 2.05) is 24.9 Å². The Labute approximate surface area is 95.4 Å². The molecular weight excluding hydrogens is 204 g/mol. The van der Waals surface area contributed by atoms with Gasteiger partial charge in [-0.15, -0.1) is 0 Å². The molecule has 0 spiro atoms. The molecule has 0 unspecified atom stereocenters. The van der Waals surface area contributed by atoms with E-state index in [1.54, 1.807) is 4.68 Å². The first-order chi connectivity index (χ1) is 7.66. The number of carbonyl (C=O) groups is 1. The lowest BCUT2D eigenvalue weighted by Crippen LogP contribution is -2.47. The van der Waals surface area contributed by atoms with Crippen molar-refractivity contribution in [1.29, 1.82) is 0 Å². The molecule has 1 fully saturated rings. The molecular formula is C11H18N4O. The van der Waals surface area contributed by atoms with E-state index >= 15 is 0 Å². The van der Waals surface area contributed by atoms with E-state index in [9.17, 15) is 4.79 Å². The quantitative estimate of drug-likeness (QED) is 0.747. The molecule has 0 aliphatic carbocycles. The van der Waals surface area contributed by atoms with Crippen LogP contribution in [-0.4, -0.2) is 46.8 Å². The van der Waals surface area contributed by atoms with Gasteiger partial charge in [0.15, 0.2) is 0 Å². The summed E-state index contributed by atoms with van der Waals surface area (Å²) in [5.74, 6) is 0.180. The average Bonchev–Trinajstić information content (AvgIpc) is 2.59. The summed E-state index contributed by atoms with van der Waals surface area (Å²) >= 11 is 0. The van der Waals surface area contributed by atoms with Gasteiger partial charge in [0.25, 0.3) is 0 Å². The van der Waals surface area contributed by atoms with Gasteiger partial charge in [-0.1, -0.05) is 0 Å². The standard InChI is InChI=1S/C11H18N4O/c1-9-7-10(13-14(9)2)8-11(16)15-5-3-12-4-6-15/h7,12H,3-6,8H2,1-2H3. The minimum Gasteiger partial charge on any atom is -0.340 e. The molecule has 5 nitrogen and oxygen atoms in total. The zero-order chi connectivity index (χ0) is 11.5. The van der Waals surface area contributed by atoms with Gasteiger partial charge in [-0.25, -0.2) is 0 Å². The van der Waals surface area contributed by atoms with Crippen LogP contribution < -0.4 is 5.32 Å². The van der Waals surface area contributed by atoms with Crippen molar-refractivity contribution in [2.75, 3.05) is 26.2 Å². The second kappa shape index (κ2) is 4.65. The Bertz CT molecular complexity index is 360. The number of aromatic nitrogens is 2. The minimum absolute atomic E-state index is 0.180. The van der Waals surface area contributed by atoms with Crippen LogP contribution in [0.2, 0.25) is 0 Å². The fourth-order valence-corrected chi connectivity index (χ4v) is 1.90. The molecule has 0 bridgehead atoms. The maximum atomic E-state index is 11.9. The van der Waals surface area contributed by atoms with Crippen molar-refractivity contribution in [2.24, 2.45) is 7.05 Å². The van der Waals surface area contributed by atoms with Crippen LogP contribution in [0.4, 0.5) is 0 Å². The van der Waals surface area contributed by atoms with Crippen LogP contribution in [0.1, 0.15) is 11.4 Å². The lowest BCUT2D eigenvalue weighted by Gasteiger charge is -2.27. The largest absolute Gasteiger partial charge is 0.340 e. The topological polar surface area (TPSA) is 50.2 Å². The molecule has 88 valence electrons. The molecule has 0 radical (unpaired) electrons. The Balaban J connectivity index is 1.95. The molecule has 0 saturated carbocycles. The molecule has 1 N–H and O–H groups in total. The number of amides is 1. The molecule has 5 heteroatoms. The second-order valence-corrected chi connectivity index (χ2v) is 4.21. The average molecular weight is 222 g/mol. The Hall–Kier alpha value is -1.36. The zero-order valence-electron chi connectivity index (χ0n) is 9.86. The Kier molecular flexibility index (Phi) is 3.24. The molecule has 1 saturated heterocycles. The highest BCUT2D eigenvalue weighted by atomic mass is 16.2. The van der Waals surface area contributed by atoms with Crippen LogP contribution in [0, 0.1) is 6.92 Å². The number of hydrogen-bond acceptors (Lipinski definition) is 3. The monoisotopic (exact) mass is 222 g/mol. The van der Waals surface area contributed by atoms with Crippen molar-refractivity contribution in [3.8, 4) is 0 Å². The van der Waals surface area contributed by atoms with Gasteiger partial charge in [0.1, 0.15) is 0 Å². The van der Waals surface area contributed by atoms with E-state index in [1.165, 1.54) is 0 Å². The van der Waals surface area contributed by atoms with Crippen LogP contribution >= 0.6 is 0 Å². The Morgan fingerprint density at radius 1 is 1.50 bits per heavy atom. The Morgan fingerprint density at radius 3 is 2.75 bits per heavy atom. The predicted octanol–water partition coefficient (Wildman–Crippen LogP) is -0.297. The van der Waals surface area contributed by atoms with Gasteiger partial charge in [-0.3, -0.25) is 9.48 Å². The molecule has 1 amide bonds. The highest BCUT2D eigenvalue weighted by Gasteiger charge is 2.17. The van der Waals surface area contributed by atoms with Crippen LogP contribution in [0.3, 0.4) is 0 Å². The third kappa shape index (κ3) is 2.41. The van der Waals surface area contributed by atoms with E-state index in [-0.39, 0.29) is 5.91 Å². The number of carbonyl (C=O) groups excluding carboxylic acids is 1. The molecule has 0 aromatic carbocycles. The lowest BCUT2D eigenvalue weighted by atomic mass is 10.2. The second-order valence-electron chi connectivity index (χ2n) is 4.21. The van der Waals surface area contributed by atoms with Gasteiger partial charge < -0.3 is 10.2 Å². The van der Waals surface area contributed by atoms with E-state index in [0.717, 1.165) is 37.6 Å². The van der Waals surface area contributed by atoms with Crippen LogP contribution in [0.15, 0.2) is 6.07 Å². The van der Waals surface area contributed by atoms with Gasteiger partial charge >= 0.3 is 0 Å². The molecule has 1 aliphatic heterocycles. The van der Waals surface area contributed by atoms with Gasteiger partial charge in [0, 0.05) is 38.9 Å². The number of piperazine rings is 1. The van der Waals surface area contributed by atoms with E-state index < -0.39 is 0 Å². The molecule has 16 heavy (non-hydrogen) atoms. The minimum atomic E-state index is 0.180. The van der Waals surface area contributed by atoms with Gasteiger partial charge in [-0.05, 0) is 13.0 Å². The van der Waals surface area contributed by atoms with Gasteiger partial charge in [0.2, 0.25) is 5.91 Å². The molecule has 2 rings (SSSR count). The van der Waals surface area contributed by atoms with E-state index in [4.69, 9.17) is 0 Å². The van der Waals surface area contributed by atoms with E-state index in [0.29, 0.717) is 6.42 Å². The molecule has 1 aromatic rings. The third-order valence-electron chi connectivity index (χ3n) is 2.97. The third-order valence-corrected chi connectivity index (χ3v) is 2.97. The Morgan fingerprint density at radius 2 is 2.19 bits per heavy atom. The first-order valence-corrected chi connectivity index (χ1v) is 5.65. The van der Waals surface area contributed by atoms with Gasteiger partial charge in [-0.2, -0.15) is 5.10 Å². The van der Waals surface area contributed by atoms with Crippen molar-refractivity contribution in [2.45, 2.75) is 13.3 Å². The highest BCUT2D eigenvalue weighted by Crippen LogP contribution is 2.05. The van der Waals surface area contributed by atoms with Crippen molar-refractivity contribution >= 4 is 5.91 Å². The number of rotatable bonds is 2. The first-order valence-electron chi connectivity index (χ1n) is 5.65. The summed E-state index contributed by atoms with van der Waals surface area (Å²) < 4.78 is 1.81. The van der Waals surface area contributed by atoms with Crippen molar-refractivity contribution in [3.63, 3.8) is 0 Å². The summed E-state index contributed by atoms with van der Waals surface area (Å²) in [5.41, 5.74) is 1.95. The van der Waals surface area contributed by atoms with Crippen molar-refractivity contribution in [3.05, 3.63) is 17.5 Å². The first kappa shape index (κ1) is 11.1. The normalized spacial score (nSPS) is 16.5. The summed E-state index contributed by atoms with van der Waals surface area (Å²) in [6.45, 7) is 5.40. The summed E-state index contributed by atoms with van der Waals surface area (Å²) in [5, 5.41) is 7.53. The molecule has 1 aromatic heterocycles. The summed E-state index contributed by atoms with van der Waals surface area (Å²) in [7, 11) is 1.90. The molecule has 1 aliphatic rings. The molecule has 0 atom stereocenters. The summed E-state index contributed by atoms with van der Waals surface area (Å²) in [6, 6.07) is 1.97.